The summed E-state index contributed by atoms with van der Waals surface area (Å²) in [5, 5.41) is 8.88. The molecule has 0 aliphatic carbocycles. The largest absolute Gasteiger partial charge is 0.368 e. The Kier molecular flexibility index (Phi) is 5.93. The zero-order chi connectivity index (χ0) is 17.6. The van der Waals surface area contributed by atoms with E-state index in [0.717, 1.165) is 44.8 Å². The third kappa shape index (κ3) is 4.73. The van der Waals surface area contributed by atoms with E-state index in [-0.39, 0.29) is 0 Å². The summed E-state index contributed by atoms with van der Waals surface area (Å²) in [4.78, 5) is 19.2. The van der Waals surface area contributed by atoms with Crippen molar-refractivity contribution >= 4 is 11.6 Å². The number of piperidine rings is 1. The van der Waals surface area contributed by atoms with Crippen molar-refractivity contribution in [2.45, 2.75) is 25.7 Å². The SMILES string of the molecule is CN1CCC[C@H](CCC(=O)N2CCN(c3ccc(C#N)cc3)CC2)C1. The van der Waals surface area contributed by atoms with Crippen molar-refractivity contribution in [3.8, 4) is 6.07 Å². The fourth-order valence-electron chi connectivity index (χ4n) is 3.96. The van der Waals surface area contributed by atoms with E-state index in [2.05, 4.69) is 22.9 Å². The summed E-state index contributed by atoms with van der Waals surface area (Å²) >= 11 is 0. The van der Waals surface area contributed by atoms with Gasteiger partial charge in [-0.3, -0.25) is 4.79 Å². The van der Waals surface area contributed by atoms with Crippen LogP contribution in [0.2, 0.25) is 0 Å². The van der Waals surface area contributed by atoms with Crippen LogP contribution >= 0.6 is 0 Å². The topological polar surface area (TPSA) is 50.6 Å². The minimum absolute atomic E-state index is 0.313. The minimum Gasteiger partial charge on any atom is -0.368 e. The predicted molar refractivity (Wildman–Crippen MR) is 99.4 cm³/mol. The Bertz CT molecular complexity index is 614. The molecule has 0 saturated carbocycles. The van der Waals surface area contributed by atoms with Crippen LogP contribution in [0.3, 0.4) is 0 Å². The number of rotatable bonds is 4. The van der Waals surface area contributed by atoms with Gasteiger partial charge in [-0.25, -0.2) is 0 Å². The fraction of sp³-hybridized carbons (Fsp3) is 0.600. The quantitative estimate of drug-likeness (QED) is 0.844. The van der Waals surface area contributed by atoms with Gasteiger partial charge in [0.2, 0.25) is 5.91 Å². The van der Waals surface area contributed by atoms with Gasteiger partial charge in [0.15, 0.2) is 0 Å². The van der Waals surface area contributed by atoms with E-state index in [1.165, 1.54) is 19.4 Å². The van der Waals surface area contributed by atoms with Crippen molar-refractivity contribution in [2.24, 2.45) is 5.92 Å². The van der Waals surface area contributed by atoms with Gasteiger partial charge in [-0.1, -0.05) is 0 Å². The summed E-state index contributed by atoms with van der Waals surface area (Å²) in [5.74, 6) is 0.996. The van der Waals surface area contributed by atoms with Crippen molar-refractivity contribution in [3.05, 3.63) is 29.8 Å². The third-order valence-corrected chi connectivity index (χ3v) is 5.48. The summed E-state index contributed by atoms with van der Waals surface area (Å²) in [6.45, 7) is 5.65. The molecule has 2 aliphatic rings. The minimum atomic E-state index is 0.313. The average Bonchev–Trinajstić information content (AvgIpc) is 2.66. The van der Waals surface area contributed by atoms with E-state index in [9.17, 15) is 4.79 Å². The van der Waals surface area contributed by atoms with E-state index < -0.39 is 0 Å². The zero-order valence-corrected chi connectivity index (χ0v) is 15.2. The maximum Gasteiger partial charge on any atom is 0.222 e. The molecule has 3 rings (SSSR count). The first-order valence-electron chi connectivity index (χ1n) is 9.37. The first-order valence-corrected chi connectivity index (χ1v) is 9.37. The molecular formula is C20H28N4O. The highest BCUT2D eigenvalue weighted by molar-refractivity contribution is 5.76. The Balaban J connectivity index is 1.43. The van der Waals surface area contributed by atoms with Crippen LogP contribution in [0, 0.1) is 17.2 Å². The molecule has 1 aromatic carbocycles. The van der Waals surface area contributed by atoms with Crippen LogP contribution in [0.25, 0.3) is 0 Å². The van der Waals surface area contributed by atoms with Gasteiger partial charge in [0, 0.05) is 44.8 Å². The highest BCUT2D eigenvalue weighted by atomic mass is 16.2. The lowest BCUT2D eigenvalue weighted by Gasteiger charge is -2.36. The summed E-state index contributed by atoms with van der Waals surface area (Å²) < 4.78 is 0. The third-order valence-electron chi connectivity index (χ3n) is 5.48. The highest BCUT2D eigenvalue weighted by Gasteiger charge is 2.23. The molecule has 0 bridgehead atoms. The second-order valence-electron chi connectivity index (χ2n) is 7.34. The van der Waals surface area contributed by atoms with Crippen molar-refractivity contribution in [1.82, 2.24) is 9.80 Å². The lowest BCUT2D eigenvalue weighted by molar-refractivity contribution is -0.131. The summed E-state index contributed by atoms with van der Waals surface area (Å²) in [5.41, 5.74) is 1.82. The standard InChI is InChI=1S/C20H28N4O/c1-22-10-2-3-18(16-22)6-9-20(25)24-13-11-23(12-14-24)19-7-4-17(15-21)5-8-19/h4-5,7-8,18H,2-3,6,9-14,16H2,1H3/t18-/m1/s1. The van der Waals surface area contributed by atoms with Crippen LogP contribution in [0.5, 0.6) is 0 Å². The molecule has 2 saturated heterocycles. The van der Waals surface area contributed by atoms with E-state index >= 15 is 0 Å². The molecule has 1 aromatic rings. The maximum atomic E-state index is 12.5. The number of piperazine rings is 1. The number of carbonyl (C=O) groups excluding carboxylic acids is 1. The van der Waals surface area contributed by atoms with E-state index in [4.69, 9.17) is 5.26 Å². The maximum absolute atomic E-state index is 12.5. The molecule has 1 amide bonds. The van der Waals surface area contributed by atoms with Gasteiger partial charge in [0.05, 0.1) is 11.6 Å². The predicted octanol–water partition coefficient (Wildman–Crippen LogP) is 2.33. The second-order valence-corrected chi connectivity index (χ2v) is 7.34. The second kappa shape index (κ2) is 8.35. The van der Waals surface area contributed by atoms with Crippen LogP contribution in [0.15, 0.2) is 24.3 Å². The summed E-state index contributed by atoms with van der Waals surface area (Å²) in [6, 6.07) is 9.85. The number of hydrogen-bond acceptors (Lipinski definition) is 4. The monoisotopic (exact) mass is 340 g/mol. The highest BCUT2D eigenvalue weighted by Crippen LogP contribution is 2.21. The molecule has 2 heterocycles. The Morgan fingerprint density at radius 1 is 1.16 bits per heavy atom. The van der Waals surface area contributed by atoms with Gasteiger partial charge in [-0.05, 0) is 63.0 Å². The average molecular weight is 340 g/mol. The zero-order valence-electron chi connectivity index (χ0n) is 15.2. The fourth-order valence-corrected chi connectivity index (χ4v) is 3.96. The Hall–Kier alpha value is -2.06. The van der Waals surface area contributed by atoms with Gasteiger partial charge >= 0.3 is 0 Å². The molecule has 25 heavy (non-hydrogen) atoms. The molecule has 0 aromatic heterocycles. The normalized spacial score (nSPS) is 21.8. The van der Waals surface area contributed by atoms with Gasteiger partial charge in [-0.15, -0.1) is 0 Å². The van der Waals surface area contributed by atoms with Crippen molar-refractivity contribution < 1.29 is 4.79 Å². The number of likely N-dealkylation sites (tertiary alicyclic amines) is 1. The molecule has 2 aliphatic heterocycles. The smallest absolute Gasteiger partial charge is 0.222 e. The number of amides is 1. The Morgan fingerprint density at radius 2 is 1.88 bits per heavy atom. The number of nitriles is 1. The molecule has 0 N–H and O–H groups in total. The summed E-state index contributed by atoms with van der Waals surface area (Å²) in [6.07, 6.45) is 4.25. The van der Waals surface area contributed by atoms with Crippen LogP contribution in [0.4, 0.5) is 5.69 Å². The van der Waals surface area contributed by atoms with E-state index in [0.29, 0.717) is 23.8 Å². The molecule has 5 nitrogen and oxygen atoms in total. The number of anilines is 1. The first-order chi connectivity index (χ1) is 12.2. The molecule has 134 valence electrons. The number of hydrogen-bond donors (Lipinski definition) is 0. The molecule has 0 radical (unpaired) electrons. The summed E-state index contributed by atoms with van der Waals surface area (Å²) in [7, 11) is 2.18. The lowest BCUT2D eigenvalue weighted by Crippen LogP contribution is -2.48. The van der Waals surface area contributed by atoms with Gasteiger partial charge in [0.25, 0.3) is 0 Å². The van der Waals surface area contributed by atoms with Gasteiger partial charge in [0.1, 0.15) is 0 Å². The number of benzene rings is 1. The van der Waals surface area contributed by atoms with Crippen LogP contribution < -0.4 is 4.90 Å². The number of nitrogens with zero attached hydrogens (tertiary/aromatic N) is 4. The van der Waals surface area contributed by atoms with Crippen LogP contribution in [0.1, 0.15) is 31.2 Å². The molecule has 1 atom stereocenters. The van der Waals surface area contributed by atoms with Crippen molar-refractivity contribution in [3.63, 3.8) is 0 Å². The lowest BCUT2D eigenvalue weighted by atomic mass is 9.93. The Labute approximate surface area is 150 Å². The number of carbonyl (C=O) groups is 1. The first kappa shape index (κ1) is 17.8. The van der Waals surface area contributed by atoms with Crippen LogP contribution in [-0.2, 0) is 4.79 Å². The Morgan fingerprint density at radius 3 is 2.52 bits per heavy atom. The van der Waals surface area contributed by atoms with Crippen LogP contribution in [-0.4, -0.2) is 62.0 Å². The molecular weight excluding hydrogens is 312 g/mol. The van der Waals surface area contributed by atoms with Crippen molar-refractivity contribution in [1.29, 1.82) is 5.26 Å². The molecule has 0 unspecified atom stereocenters. The molecule has 2 fully saturated rings. The molecule has 0 spiro atoms. The molecule has 5 heteroatoms. The van der Waals surface area contributed by atoms with Gasteiger partial charge in [-0.2, -0.15) is 5.26 Å². The van der Waals surface area contributed by atoms with E-state index in [1.54, 1.807) is 0 Å². The van der Waals surface area contributed by atoms with E-state index in [1.807, 2.05) is 29.2 Å². The van der Waals surface area contributed by atoms with Crippen molar-refractivity contribution in [2.75, 3.05) is 51.2 Å². The van der Waals surface area contributed by atoms with Gasteiger partial charge < -0.3 is 14.7 Å².